The summed E-state index contributed by atoms with van der Waals surface area (Å²) in [6.45, 7) is 7.20. The molecule has 0 aliphatic rings. The summed E-state index contributed by atoms with van der Waals surface area (Å²) in [5.41, 5.74) is 0.0967. The maximum absolute atomic E-state index is 4.37. The Kier molecular flexibility index (Phi) is 4.02. The summed E-state index contributed by atoms with van der Waals surface area (Å²) < 4.78 is 0.812. The Morgan fingerprint density at radius 2 is 2.17 bits per heavy atom. The average molecular weight is 326 g/mol. The molecule has 0 fully saturated rings. The third kappa shape index (κ3) is 3.29. The van der Waals surface area contributed by atoms with Crippen molar-refractivity contribution in [3.63, 3.8) is 0 Å². The minimum absolute atomic E-state index is 0.0967. The molecule has 0 amide bonds. The van der Waals surface area contributed by atoms with Crippen LogP contribution < -0.4 is 5.32 Å². The van der Waals surface area contributed by atoms with Gasteiger partial charge in [0.25, 0.3) is 0 Å². The van der Waals surface area contributed by atoms with Gasteiger partial charge in [-0.2, -0.15) is 0 Å². The standard InChI is InChI=1S/C13H16BrN3S/c1-9-16-11(14)7-12(17-9)15-8-13(2,3)10-5-4-6-18-10/h4-7H,8H2,1-3H3,(H,15,16,17). The molecule has 0 aliphatic carbocycles. The number of rotatable bonds is 4. The van der Waals surface area contributed by atoms with Crippen LogP contribution in [0.2, 0.25) is 0 Å². The minimum Gasteiger partial charge on any atom is -0.369 e. The maximum Gasteiger partial charge on any atom is 0.130 e. The molecule has 0 unspecified atom stereocenters. The summed E-state index contributed by atoms with van der Waals surface area (Å²) in [5, 5.41) is 5.49. The number of hydrogen-bond donors (Lipinski definition) is 1. The number of thiophene rings is 1. The minimum atomic E-state index is 0.0967. The summed E-state index contributed by atoms with van der Waals surface area (Å²) in [6, 6.07) is 6.16. The summed E-state index contributed by atoms with van der Waals surface area (Å²) >= 11 is 5.17. The van der Waals surface area contributed by atoms with Gasteiger partial charge in [0.1, 0.15) is 16.2 Å². The van der Waals surface area contributed by atoms with Crippen LogP contribution in [-0.4, -0.2) is 16.5 Å². The van der Waals surface area contributed by atoms with E-state index >= 15 is 0 Å². The number of aromatic nitrogens is 2. The zero-order valence-corrected chi connectivity index (χ0v) is 13.1. The summed E-state index contributed by atoms with van der Waals surface area (Å²) in [5.74, 6) is 1.62. The van der Waals surface area contributed by atoms with Crippen LogP contribution in [0, 0.1) is 6.92 Å². The van der Waals surface area contributed by atoms with E-state index in [1.165, 1.54) is 4.88 Å². The van der Waals surface area contributed by atoms with Gasteiger partial charge in [-0.15, -0.1) is 11.3 Å². The average Bonchev–Trinajstić information content (AvgIpc) is 2.79. The second-order valence-electron chi connectivity index (χ2n) is 4.84. The van der Waals surface area contributed by atoms with Crippen molar-refractivity contribution in [3.8, 4) is 0 Å². The van der Waals surface area contributed by atoms with Crippen LogP contribution >= 0.6 is 27.3 Å². The molecular weight excluding hydrogens is 310 g/mol. The molecular formula is C13H16BrN3S. The lowest BCUT2D eigenvalue weighted by Gasteiger charge is -2.24. The predicted molar refractivity (Wildman–Crippen MR) is 80.3 cm³/mol. The van der Waals surface area contributed by atoms with Crippen molar-refractivity contribution in [2.24, 2.45) is 0 Å². The van der Waals surface area contributed by atoms with Crippen LogP contribution in [0.3, 0.4) is 0 Å². The number of nitrogens with one attached hydrogen (secondary N) is 1. The molecule has 0 atom stereocenters. The van der Waals surface area contributed by atoms with Crippen molar-refractivity contribution < 1.29 is 0 Å². The first-order chi connectivity index (χ1) is 8.47. The van der Waals surface area contributed by atoms with Gasteiger partial charge in [0.2, 0.25) is 0 Å². The van der Waals surface area contributed by atoms with E-state index in [9.17, 15) is 0 Å². The topological polar surface area (TPSA) is 37.8 Å². The Labute approximate surface area is 120 Å². The van der Waals surface area contributed by atoms with E-state index in [0.717, 1.165) is 22.8 Å². The Morgan fingerprint density at radius 3 is 2.78 bits per heavy atom. The summed E-state index contributed by atoms with van der Waals surface area (Å²) in [6.07, 6.45) is 0. The molecule has 5 heteroatoms. The molecule has 0 saturated heterocycles. The van der Waals surface area contributed by atoms with Gasteiger partial charge < -0.3 is 5.32 Å². The fourth-order valence-corrected chi connectivity index (χ4v) is 3.01. The van der Waals surface area contributed by atoms with Gasteiger partial charge in [-0.3, -0.25) is 0 Å². The third-order valence-corrected chi connectivity index (χ3v) is 4.35. The smallest absolute Gasteiger partial charge is 0.130 e. The Morgan fingerprint density at radius 1 is 1.39 bits per heavy atom. The van der Waals surface area contributed by atoms with Crippen LogP contribution in [0.1, 0.15) is 24.5 Å². The number of nitrogens with zero attached hydrogens (tertiary/aromatic N) is 2. The number of aryl methyl sites for hydroxylation is 1. The highest BCUT2D eigenvalue weighted by Gasteiger charge is 2.21. The van der Waals surface area contributed by atoms with Crippen molar-refractivity contribution in [2.75, 3.05) is 11.9 Å². The van der Waals surface area contributed by atoms with Crippen molar-refractivity contribution >= 4 is 33.1 Å². The van der Waals surface area contributed by atoms with Crippen LogP contribution in [0.15, 0.2) is 28.2 Å². The lowest BCUT2D eigenvalue weighted by Crippen LogP contribution is -2.27. The molecule has 0 aliphatic heterocycles. The van der Waals surface area contributed by atoms with E-state index in [1.807, 2.05) is 13.0 Å². The van der Waals surface area contributed by atoms with E-state index in [0.29, 0.717) is 0 Å². The highest BCUT2D eigenvalue weighted by atomic mass is 79.9. The van der Waals surface area contributed by atoms with Gasteiger partial charge >= 0.3 is 0 Å². The Balaban J connectivity index is 2.07. The van der Waals surface area contributed by atoms with Gasteiger partial charge in [-0.05, 0) is 34.3 Å². The fraction of sp³-hybridized carbons (Fsp3) is 0.385. The molecule has 2 heterocycles. The van der Waals surface area contributed by atoms with Gasteiger partial charge in [0, 0.05) is 22.9 Å². The zero-order chi connectivity index (χ0) is 13.2. The summed E-state index contributed by atoms with van der Waals surface area (Å²) in [4.78, 5) is 9.94. The summed E-state index contributed by atoms with van der Waals surface area (Å²) in [7, 11) is 0. The van der Waals surface area contributed by atoms with Crippen LogP contribution in [0.25, 0.3) is 0 Å². The largest absolute Gasteiger partial charge is 0.369 e. The van der Waals surface area contributed by atoms with Gasteiger partial charge in [0.15, 0.2) is 0 Å². The third-order valence-electron chi connectivity index (χ3n) is 2.71. The van der Waals surface area contributed by atoms with E-state index in [1.54, 1.807) is 11.3 Å². The molecule has 0 bridgehead atoms. The van der Waals surface area contributed by atoms with Crippen LogP contribution in [0.5, 0.6) is 0 Å². The Hall–Kier alpha value is -0.940. The normalized spacial score (nSPS) is 11.6. The molecule has 0 saturated carbocycles. The molecule has 0 radical (unpaired) electrons. The van der Waals surface area contributed by atoms with Gasteiger partial charge in [-0.25, -0.2) is 9.97 Å². The number of halogens is 1. The first-order valence-electron chi connectivity index (χ1n) is 5.76. The fourth-order valence-electron chi connectivity index (χ4n) is 1.68. The quantitative estimate of drug-likeness (QED) is 0.863. The molecule has 0 aromatic carbocycles. The molecule has 2 aromatic rings. The molecule has 18 heavy (non-hydrogen) atoms. The number of hydrogen-bond acceptors (Lipinski definition) is 4. The van der Waals surface area contributed by atoms with Crippen LogP contribution in [-0.2, 0) is 5.41 Å². The molecule has 0 spiro atoms. The molecule has 1 N–H and O–H groups in total. The maximum atomic E-state index is 4.37. The second kappa shape index (κ2) is 5.36. The van der Waals surface area contributed by atoms with Crippen molar-refractivity contribution in [3.05, 3.63) is 38.9 Å². The molecule has 2 rings (SSSR count). The van der Waals surface area contributed by atoms with Crippen molar-refractivity contribution in [1.82, 2.24) is 9.97 Å². The Bertz CT molecular complexity index is 503. The first kappa shape index (κ1) is 13.5. The van der Waals surface area contributed by atoms with E-state index in [-0.39, 0.29) is 5.41 Å². The highest BCUT2D eigenvalue weighted by molar-refractivity contribution is 9.10. The highest BCUT2D eigenvalue weighted by Crippen LogP contribution is 2.27. The van der Waals surface area contributed by atoms with Crippen molar-refractivity contribution in [1.29, 1.82) is 0 Å². The molecule has 3 nitrogen and oxygen atoms in total. The van der Waals surface area contributed by atoms with Gasteiger partial charge in [0.05, 0.1) is 0 Å². The van der Waals surface area contributed by atoms with Crippen molar-refractivity contribution in [2.45, 2.75) is 26.2 Å². The molecule has 96 valence electrons. The van der Waals surface area contributed by atoms with Gasteiger partial charge in [-0.1, -0.05) is 19.9 Å². The zero-order valence-electron chi connectivity index (χ0n) is 10.7. The second-order valence-corrected chi connectivity index (χ2v) is 6.60. The van der Waals surface area contributed by atoms with Crippen LogP contribution in [0.4, 0.5) is 5.82 Å². The lowest BCUT2D eigenvalue weighted by atomic mass is 9.91. The van der Waals surface area contributed by atoms with E-state index in [2.05, 4.69) is 62.6 Å². The number of anilines is 1. The predicted octanol–water partition coefficient (Wildman–Crippen LogP) is 4.00. The monoisotopic (exact) mass is 325 g/mol. The molecule has 2 aromatic heterocycles. The first-order valence-corrected chi connectivity index (χ1v) is 7.44. The van der Waals surface area contributed by atoms with E-state index < -0.39 is 0 Å². The van der Waals surface area contributed by atoms with E-state index in [4.69, 9.17) is 0 Å². The SMILES string of the molecule is Cc1nc(Br)cc(NCC(C)(C)c2cccs2)n1. The lowest BCUT2D eigenvalue weighted by molar-refractivity contribution is 0.568.